The molecule has 0 saturated heterocycles. The summed E-state index contributed by atoms with van der Waals surface area (Å²) in [7, 11) is 0. The van der Waals surface area contributed by atoms with Crippen molar-refractivity contribution in [2.75, 3.05) is 0 Å². The van der Waals surface area contributed by atoms with Crippen molar-refractivity contribution in [3.63, 3.8) is 0 Å². The number of carbonyl (C=O) groups excluding carboxylic acids is 2. The van der Waals surface area contributed by atoms with Crippen LogP contribution >= 0.6 is 0 Å². The minimum Gasteiger partial charge on any atom is -0.303 e. The van der Waals surface area contributed by atoms with Crippen LogP contribution in [0.15, 0.2) is 42.5 Å². The van der Waals surface area contributed by atoms with Gasteiger partial charge in [0.2, 0.25) is 0 Å². The monoisotopic (exact) mass is 202 g/mol. The van der Waals surface area contributed by atoms with Crippen molar-refractivity contribution in [2.24, 2.45) is 0 Å². The van der Waals surface area contributed by atoms with E-state index in [4.69, 9.17) is 0 Å². The highest BCUT2D eigenvalue weighted by atomic mass is 16.1. The molecule has 0 N–H and O–H groups in total. The molecule has 0 bridgehead atoms. The van der Waals surface area contributed by atoms with E-state index in [1.54, 1.807) is 18.2 Å². The molecule has 0 aliphatic rings. The molecule has 1 rings (SSSR count). The lowest BCUT2D eigenvalue weighted by Gasteiger charge is -1.93. The molecule has 0 radical (unpaired) electrons. The first-order chi connectivity index (χ1) is 7.34. The number of aldehydes is 1. The van der Waals surface area contributed by atoms with Gasteiger partial charge in [-0.05, 0) is 18.9 Å². The Labute approximate surface area is 89.6 Å². The normalized spacial score (nSPS) is 10.4. The summed E-state index contributed by atoms with van der Waals surface area (Å²) in [4.78, 5) is 21.6. The molecule has 0 fully saturated rings. The number of hydrogen-bond donors (Lipinski definition) is 0. The van der Waals surface area contributed by atoms with E-state index >= 15 is 0 Å². The van der Waals surface area contributed by atoms with E-state index < -0.39 is 0 Å². The summed E-state index contributed by atoms with van der Waals surface area (Å²) in [6, 6.07) is 9.14. The van der Waals surface area contributed by atoms with Crippen molar-refractivity contribution < 1.29 is 9.59 Å². The van der Waals surface area contributed by atoms with Crippen LogP contribution in [-0.4, -0.2) is 12.1 Å². The first-order valence-corrected chi connectivity index (χ1v) is 5.04. The molecule has 0 spiro atoms. The highest BCUT2D eigenvalue weighted by Crippen LogP contribution is 2.02. The Balaban J connectivity index is 2.39. The maximum absolute atomic E-state index is 11.5. The molecule has 1 aromatic carbocycles. The van der Waals surface area contributed by atoms with Gasteiger partial charge in [0.1, 0.15) is 6.29 Å². The van der Waals surface area contributed by atoms with Crippen molar-refractivity contribution >= 4 is 12.1 Å². The van der Waals surface area contributed by atoms with Gasteiger partial charge in [-0.25, -0.2) is 0 Å². The van der Waals surface area contributed by atoms with E-state index in [1.165, 1.54) is 0 Å². The zero-order chi connectivity index (χ0) is 10.9. The fraction of sp³-hybridized carbons (Fsp3) is 0.231. The molecule has 0 heterocycles. The molecule has 1 aromatic rings. The van der Waals surface area contributed by atoms with E-state index in [-0.39, 0.29) is 5.78 Å². The fourth-order valence-corrected chi connectivity index (χ4v) is 1.21. The van der Waals surface area contributed by atoms with Crippen molar-refractivity contribution in [1.29, 1.82) is 0 Å². The van der Waals surface area contributed by atoms with Gasteiger partial charge >= 0.3 is 0 Å². The predicted octanol–water partition coefficient (Wildman–Crippen LogP) is 2.79. The van der Waals surface area contributed by atoms with Gasteiger partial charge in [-0.1, -0.05) is 36.4 Å². The Bertz CT molecular complexity index is 339. The van der Waals surface area contributed by atoms with Gasteiger partial charge in [0, 0.05) is 12.0 Å². The largest absolute Gasteiger partial charge is 0.303 e. The first-order valence-electron chi connectivity index (χ1n) is 5.04. The number of carbonyl (C=O) groups is 2. The third-order valence-corrected chi connectivity index (χ3v) is 2.02. The Morgan fingerprint density at radius 1 is 1.13 bits per heavy atom. The van der Waals surface area contributed by atoms with Crippen LogP contribution < -0.4 is 0 Å². The molecule has 0 atom stereocenters. The lowest BCUT2D eigenvalue weighted by atomic mass is 10.1. The molecule has 0 amide bonds. The predicted molar refractivity (Wildman–Crippen MR) is 59.8 cm³/mol. The molecule has 2 heteroatoms. The van der Waals surface area contributed by atoms with Gasteiger partial charge in [-0.3, -0.25) is 4.79 Å². The lowest BCUT2D eigenvalue weighted by molar-refractivity contribution is -0.107. The Morgan fingerprint density at radius 2 is 1.87 bits per heavy atom. The van der Waals surface area contributed by atoms with Gasteiger partial charge < -0.3 is 4.79 Å². The van der Waals surface area contributed by atoms with E-state index in [0.717, 1.165) is 19.1 Å². The quantitative estimate of drug-likeness (QED) is 0.307. The molecule has 15 heavy (non-hydrogen) atoms. The molecule has 78 valence electrons. The number of ketones is 1. The average Bonchev–Trinajstić information content (AvgIpc) is 2.30. The summed E-state index contributed by atoms with van der Waals surface area (Å²) in [5, 5.41) is 0. The number of benzene rings is 1. The zero-order valence-corrected chi connectivity index (χ0v) is 8.56. The van der Waals surface area contributed by atoms with Crippen LogP contribution in [0, 0.1) is 0 Å². The van der Waals surface area contributed by atoms with Crippen LogP contribution in [-0.2, 0) is 4.79 Å². The highest BCUT2D eigenvalue weighted by molar-refractivity contribution is 6.04. The van der Waals surface area contributed by atoms with Crippen LogP contribution in [0.5, 0.6) is 0 Å². The topological polar surface area (TPSA) is 34.1 Å². The molecule has 0 saturated carbocycles. The summed E-state index contributed by atoms with van der Waals surface area (Å²) in [6.45, 7) is 0. The second-order valence-corrected chi connectivity index (χ2v) is 3.23. The molecular formula is C13H14O2. The fourth-order valence-electron chi connectivity index (χ4n) is 1.21. The van der Waals surface area contributed by atoms with Gasteiger partial charge in [-0.2, -0.15) is 0 Å². The summed E-state index contributed by atoms with van der Waals surface area (Å²) in [5.41, 5.74) is 0.698. The number of unbranched alkanes of at least 4 members (excludes halogenated alkanes) is 2. The summed E-state index contributed by atoms with van der Waals surface area (Å²) >= 11 is 0. The summed E-state index contributed by atoms with van der Waals surface area (Å²) < 4.78 is 0. The maximum Gasteiger partial charge on any atom is 0.185 e. The second kappa shape index (κ2) is 6.71. The van der Waals surface area contributed by atoms with Crippen molar-refractivity contribution in [3.8, 4) is 0 Å². The lowest BCUT2D eigenvalue weighted by Crippen LogP contribution is -1.92. The van der Waals surface area contributed by atoms with Crippen LogP contribution in [0.25, 0.3) is 0 Å². The van der Waals surface area contributed by atoms with E-state index in [9.17, 15) is 9.59 Å². The molecule has 0 aliphatic heterocycles. The van der Waals surface area contributed by atoms with Crippen LogP contribution in [0.3, 0.4) is 0 Å². The smallest absolute Gasteiger partial charge is 0.185 e. The van der Waals surface area contributed by atoms with Gasteiger partial charge in [0.25, 0.3) is 0 Å². The van der Waals surface area contributed by atoms with Crippen molar-refractivity contribution in [1.82, 2.24) is 0 Å². The number of hydrogen-bond acceptors (Lipinski definition) is 2. The first kappa shape index (κ1) is 11.4. The maximum atomic E-state index is 11.5. The Hall–Kier alpha value is -1.70. The molecule has 2 nitrogen and oxygen atoms in total. The van der Waals surface area contributed by atoms with Crippen LogP contribution in [0.1, 0.15) is 29.6 Å². The highest BCUT2D eigenvalue weighted by Gasteiger charge is 1.98. The Kier molecular flexibility index (Phi) is 5.09. The molecular weight excluding hydrogens is 188 g/mol. The standard InChI is InChI=1S/C13H14O2/c14-11-7-2-1-6-10-13(15)12-8-4-3-5-9-12/h3-6,8-11H,1-2,7H2/b10-6-. The third-order valence-electron chi connectivity index (χ3n) is 2.02. The van der Waals surface area contributed by atoms with Crippen molar-refractivity contribution in [2.45, 2.75) is 19.3 Å². The van der Waals surface area contributed by atoms with E-state index in [1.807, 2.05) is 24.3 Å². The third kappa shape index (κ3) is 4.36. The average molecular weight is 202 g/mol. The Morgan fingerprint density at radius 3 is 2.53 bits per heavy atom. The van der Waals surface area contributed by atoms with Crippen LogP contribution in [0.2, 0.25) is 0 Å². The van der Waals surface area contributed by atoms with Crippen molar-refractivity contribution in [3.05, 3.63) is 48.0 Å². The van der Waals surface area contributed by atoms with Gasteiger partial charge in [0.15, 0.2) is 5.78 Å². The van der Waals surface area contributed by atoms with Crippen LogP contribution in [0.4, 0.5) is 0 Å². The molecule has 0 unspecified atom stereocenters. The number of rotatable bonds is 6. The molecule has 0 aromatic heterocycles. The number of allylic oxidation sites excluding steroid dienone is 2. The summed E-state index contributed by atoms with van der Waals surface area (Å²) in [5.74, 6) is 0.0155. The van der Waals surface area contributed by atoms with Gasteiger partial charge in [-0.15, -0.1) is 0 Å². The zero-order valence-electron chi connectivity index (χ0n) is 8.56. The minimum absolute atomic E-state index is 0.0155. The molecule has 0 aliphatic carbocycles. The summed E-state index contributed by atoms with van der Waals surface area (Å²) in [6.07, 6.45) is 6.43. The SMILES string of the molecule is O=CCCC/C=C\C(=O)c1ccccc1. The van der Waals surface area contributed by atoms with E-state index in [0.29, 0.717) is 12.0 Å². The minimum atomic E-state index is 0.0155. The van der Waals surface area contributed by atoms with Gasteiger partial charge in [0.05, 0.1) is 0 Å². The second-order valence-electron chi connectivity index (χ2n) is 3.23. The van der Waals surface area contributed by atoms with E-state index in [2.05, 4.69) is 0 Å².